The fourth-order valence-corrected chi connectivity index (χ4v) is 6.99. The summed E-state index contributed by atoms with van der Waals surface area (Å²) in [5, 5.41) is 6.89. The largest absolute Gasteiger partial charge is 0.325 e. The minimum atomic E-state index is -0.154. The first-order valence-corrected chi connectivity index (χ1v) is 14.0. The monoisotopic (exact) mass is 531 g/mol. The Morgan fingerprint density at radius 1 is 1.03 bits per heavy atom. The molecule has 2 heterocycles. The molecule has 8 heteroatoms. The van der Waals surface area contributed by atoms with Crippen molar-refractivity contribution in [2.45, 2.75) is 30.8 Å². The maximum absolute atomic E-state index is 13.8. The normalized spacial score (nSPS) is 13.1. The highest BCUT2D eigenvalue weighted by atomic mass is 35.5. The molecule has 36 heavy (non-hydrogen) atoms. The topological polar surface area (TPSA) is 64.0 Å². The van der Waals surface area contributed by atoms with Crippen molar-refractivity contribution in [2.24, 2.45) is 0 Å². The van der Waals surface area contributed by atoms with Gasteiger partial charge in [-0.3, -0.25) is 14.2 Å². The van der Waals surface area contributed by atoms with Gasteiger partial charge in [-0.05, 0) is 67.0 Å². The maximum Gasteiger partial charge on any atom is 0.267 e. The molecule has 0 unspecified atom stereocenters. The van der Waals surface area contributed by atoms with E-state index in [2.05, 4.69) is 5.32 Å². The second-order valence-corrected chi connectivity index (χ2v) is 11.2. The van der Waals surface area contributed by atoms with Crippen LogP contribution in [0, 0.1) is 0 Å². The summed E-state index contributed by atoms with van der Waals surface area (Å²) >= 11 is 8.99. The van der Waals surface area contributed by atoms with E-state index < -0.39 is 0 Å². The quantitative estimate of drug-likeness (QED) is 0.199. The van der Waals surface area contributed by atoms with Gasteiger partial charge in [0.1, 0.15) is 4.83 Å². The number of anilines is 1. The second kappa shape index (κ2) is 9.73. The Balaban J connectivity index is 1.36. The van der Waals surface area contributed by atoms with E-state index in [-0.39, 0.29) is 17.2 Å². The van der Waals surface area contributed by atoms with Crippen molar-refractivity contribution in [3.05, 3.63) is 92.5 Å². The van der Waals surface area contributed by atoms with Crippen LogP contribution in [0.25, 0.3) is 26.7 Å². The predicted molar refractivity (Wildman–Crippen MR) is 150 cm³/mol. The second-order valence-electron chi connectivity index (χ2n) is 8.77. The molecule has 5 nitrogen and oxygen atoms in total. The van der Waals surface area contributed by atoms with Crippen LogP contribution in [0.15, 0.2) is 76.7 Å². The standard InChI is InChI=1S/C28H22ClN3O2S2/c29-18-12-14-19(15-13-18)32-27(34)25-21-9-3-4-11-23(21)36-26(25)31-28(32)35-16-24(33)30-22-10-5-7-17-6-1-2-8-20(17)22/h1-2,5-8,10,12-15H,3-4,9,11,16H2,(H,30,33). The Morgan fingerprint density at radius 3 is 2.67 bits per heavy atom. The summed E-state index contributed by atoms with van der Waals surface area (Å²) < 4.78 is 1.62. The van der Waals surface area contributed by atoms with Gasteiger partial charge in [-0.15, -0.1) is 11.3 Å². The molecule has 3 aromatic carbocycles. The number of nitrogens with zero attached hydrogens (tertiary/aromatic N) is 2. The molecule has 1 aliphatic carbocycles. The van der Waals surface area contributed by atoms with Gasteiger partial charge in [-0.25, -0.2) is 4.98 Å². The first-order valence-electron chi connectivity index (χ1n) is 11.8. The number of nitrogens with one attached hydrogen (secondary N) is 1. The van der Waals surface area contributed by atoms with Gasteiger partial charge < -0.3 is 5.32 Å². The highest BCUT2D eigenvalue weighted by Gasteiger charge is 2.23. The Hall–Kier alpha value is -3.13. The van der Waals surface area contributed by atoms with Crippen molar-refractivity contribution >= 4 is 67.3 Å². The van der Waals surface area contributed by atoms with E-state index in [9.17, 15) is 9.59 Å². The highest BCUT2D eigenvalue weighted by molar-refractivity contribution is 7.99. The zero-order chi connectivity index (χ0) is 24.6. The summed E-state index contributed by atoms with van der Waals surface area (Å²) in [7, 11) is 0. The number of carbonyl (C=O) groups excluding carboxylic acids is 1. The fraction of sp³-hybridized carbons (Fsp3) is 0.179. The Kier molecular flexibility index (Phi) is 6.29. The number of aryl methyl sites for hydroxylation is 2. The number of carbonyl (C=O) groups is 1. The van der Waals surface area contributed by atoms with E-state index in [1.54, 1.807) is 28.0 Å². The zero-order valence-electron chi connectivity index (χ0n) is 19.3. The molecule has 5 aromatic rings. The SMILES string of the molecule is O=C(CSc1nc2sc3c(c2c(=O)n1-c1ccc(Cl)cc1)CCCC3)Nc1cccc2ccccc12. The number of benzene rings is 3. The van der Waals surface area contributed by atoms with E-state index in [1.165, 1.54) is 16.6 Å². The highest BCUT2D eigenvalue weighted by Crippen LogP contribution is 2.35. The number of thiophene rings is 1. The van der Waals surface area contributed by atoms with Crippen molar-refractivity contribution in [3.63, 3.8) is 0 Å². The van der Waals surface area contributed by atoms with Gasteiger partial charge in [0.05, 0.1) is 16.8 Å². The molecule has 0 saturated carbocycles. The summed E-state index contributed by atoms with van der Waals surface area (Å²) in [6.07, 6.45) is 4.13. The average molecular weight is 532 g/mol. The number of thioether (sulfide) groups is 1. The molecule has 0 fully saturated rings. The molecule has 0 bridgehead atoms. The number of halogens is 1. The summed E-state index contributed by atoms with van der Waals surface area (Å²) in [6.45, 7) is 0. The molecule has 180 valence electrons. The molecule has 0 spiro atoms. The van der Waals surface area contributed by atoms with Crippen LogP contribution in [0.5, 0.6) is 0 Å². The summed E-state index contributed by atoms with van der Waals surface area (Å²) in [5.41, 5.74) is 2.51. The third kappa shape index (κ3) is 4.32. The minimum Gasteiger partial charge on any atom is -0.325 e. The van der Waals surface area contributed by atoms with Crippen molar-refractivity contribution in [3.8, 4) is 5.69 Å². The smallest absolute Gasteiger partial charge is 0.267 e. The summed E-state index contributed by atoms with van der Waals surface area (Å²) in [4.78, 5) is 33.7. The lowest BCUT2D eigenvalue weighted by molar-refractivity contribution is -0.113. The molecule has 6 rings (SSSR count). The van der Waals surface area contributed by atoms with Gasteiger partial charge in [0.15, 0.2) is 5.16 Å². The first kappa shape index (κ1) is 23.3. The number of fused-ring (bicyclic) bond motifs is 4. The van der Waals surface area contributed by atoms with Crippen LogP contribution in [0.2, 0.25) is 5.02 Å². The average Bonchev–Trinajstić information content (AvgIpc) is 3.27. The Morgan fingerprint density at radius 2 is 1.81 bits per heavy atom. The molecule has 1 amide bonds. The molecule has 0 aliphatic heterocycles. The van der Waals surface area contributed by atoms with Crippen LogP contribution in [-0.2, 0) is 17.6 Å². The van der Waals surface area contributed by atoms with E-state index in [4.69, 9.17) is 16.6 Å². The molecule has 0 radical (unpaired) electrons. The van der Waals surface area contributed by atoms with E-state index in [0.717, 1.165) is 52.5 Å². The zero-order valence-corrected chi connectivity index (χ0v) is 21.7. The number of hydrogen-bond donors (Lipinski definition) is 1. The maximum atomic E-state index is 13.8. The summed E-state index contributed by atoms with van der Waals surface area (Å²) in [6, 6.07) is 20.9. The van der Waals surface area contributed by atoms with Crippen molar-refractivity contribution in [1.82, 2.24) is 9.55 Å². The lowest BCUT2D eigenvalue weighted by Crippen LogP contribution is -2.23. The molecule has 1 aliphatic rings. The predicted octanol–water partition coefficient (Wildman–Crippen LogP) is 6.86. The molecule has 0 saturated heterocycles. The number of aromatic nitrogens is 2. The number of amides is 1. The molecular weight excluding hydrogens is 510 g/mol. The van der Waals surface area contributed by atoms with E-state index in [1.807, 2.05) is 54.6 Å². The van der Waals surface area contributed by atoms with Crippen LogP contribution in [0.4, 0.5) is 5.69 Å². The molecule has 1 N–H and O–H groups in total. The third-order valence-corrected chi connectivity index (χ3v) is 8.82. The Bertz CT molecular complexity index is 1670. The van der Waals surface area contributed by atoms with Crippen LogP contribution in [-0.4, -0.2) is 21.2 Å². The van der Waals surface area contributed by atoms with Gasteiger partial charge in [0.25, 0.3) is 5.56 Å². The lowest BCUT2D eigenvalue weighted by Gasteiger charge is -2.14. The van der Waals surface area contributed by atoms with Crippen LogP contribution >= 0.6 is 34.7 Å². The lowest BCUT2D eigenvalue weighted by atomic mass is 9.97. The number of hydrogen-bond acceptors (Lipinski definition) is 5. The van der Waals surface area contributed by atoms with E-state index in [0.29, 0.717) is 21.3 Å². The Labute approximate surface area is 221 Å². The van der Waals surface area contributed by atoms with Crippen molar-refractivity contribution in [1.29, 1.82) is 0 Å². The molecular formula is C28H22ClN3O2S2. The van der Waals surface area contributed by atoms with Gasteiger partial charge in [-0.2, -0.15) is 0 Å². The van der Waals surface area contributed by atoms with Gasteiger partial charge in [-0.1, -0.05) is 59.8 Å². The molecule has 0 atom stereocenters. The van der Waals surface area contributed by atoms with Gasteiger partial charge >= 0.3 is 0 Å². The minimum absolute atomic E-state index is 0.0846. The van der Waals surface area contributed by atoms with Crippen LogP contribution < -0.4 is 10.9 Å². The third-order valence-electron chi connectivity index (χ3n) is 6.44. The van der Waals surface area contributed by atoms with Crippen molar-refractivity contribution < 1.29 is 4.79 Å². The van der Waals surface area contributed by atoms with E-state index >= 15 is 0 Å². The van der Waals surface area contributed by atoms with Crippen LogP contribution in [0.3, 0.4) is 0 Å². The first-order chi connectivity index (χ1) is 17.6. The fourth-order valence-electron chi connectivity index (χ4n) is 4.75. The van der Waals surface area contributed by atoms with Crippen molar-refractivity contribution in [2.75, 3.05) is 11.1 Å². The summed E-state index contributed by atoms with van der Waals surface area (Å²) in [5.74, 6) is -0.0290. The van der Waals surface area contributed by atoms with Crippen LogP contribution in [0.1, 0.15) is 23.3 Å². The molecule has 2 aromatic heterocycles. The van der Waals surface area contributed by atoms with Gasteiger partial charge in [0, 0.05) is 21.0 Å². The van der Waals surface area contributed by atoms with Gasteiger partial charge in [0.2, 0.25) is 5.91 Å². The number of rotatable bonds is 5.